The Bertz CT molecular complexity index is 592. The SMILES string of the molecule is Cc1nc(-c2ccncc2F)c(=O)[nH]c1C. The van der Waals surface area contributed by atoms with Crippen molar-refractivity contribution >= 4 is 0 Å². The Balaban J connectivity index is 2.70. The average molecular weight is 219 g/mol. The van der Waals surface area contributed by atoms with Gasteiger partial charge in [0.05, 0.1) is 11.9 Å². The lowest BCUT2D eigenvalue weighted by molar-refractivity contribution is 0.624. The van der Waals surface area contributed by atoms with Crippen LogP contribution in [-0.4, -0.2) is 15.0 Å². The maximum Gasteiger partial charge on any atom is 0.274 e. The summed E-state index contributed by atoms with van der Waals surface area (Å²) in [6.07, 6.45) is 2.49. The van der Waals surface area contributed by atoms with Gasteiger partial charge in [0.1, 0.15) is 5.69 Å². The van der Waals surface area contributed by atoms with E-state index < -0.39 is 11.4 Å². The molecule has 2 aromatic rings. The van der Waals surface area contributed by atoms with Gasteiger partial charge in [-0.2, -0.15) is 0 Å². The smallest absolute Gasteiger partial charge is 0.274 e. The number of aromatic nitrogens is 3. The van der Waals surface area contributed by atoms with E-state index in [-0.39, 0.29) is 11.3 Å². The Kier molecular flexibility index (Phi) is 2.52. The van der Waals surface area contributed by atoms with Gasteiger partial charge in [-0.05, 0) is 19.9 Å². The van der Waals surface area contributed by atoms with Crippen LogP contribution in [0.4, 0.5) is 4.39 Å². The predicted molar refractivity (Wildman–Crippen MR) is 57.5 cm³/mol. The number of H-pyrrole nitrogens is 1. The molecule has 0 aliphatic heterocycles. The van der Waals surface area contributed by atoms with E-state index in [2.05, 4.69) is 15.0 Å². The van der Waals surface area contributed by atoms with E-state index in [9.17, 15) is 9.18 Å². The second-order valence-corrected chi connectivity index (χ2v) is 3.48. The van der Waals surface area contributed by atoms with Crippen LogP contribution in [0.25, 0.3) is 11.3 Å². The Hall–Kier alpha value is -2.04. The van der Waals surface area contributed by atoms with Crippen molar-refractivity contribution in [3.63, 3.8) is 0 Å². The molecule has 5 heteroatoms. The molecule has 0 spiro atoms. The van der Waals surface area contributed by atoms with Crippen molar-refractivity contribution in [2.24, 2.45) is 0 Å². The van der Waals surface area contributed by atoms with Gasteiger partial charge in [0.25, 0.3) is 5.56 Å². The number of halogens is 1. The van der Waals surface area contributed by atoms with Crippen molar-refractivity contribution in [1.82, 2.24) is 15.0 Å². The van der Waals surface area contributed by atoms with Crippen molar-refractivity contribution in [2.45, 2.75) is 13.8 Å². The molecule has 2 rings (SSSR count). The molecule has 0 aromatic carbocycles. The molecule has 2 heterocycles. The summed E-state index contributed by atoms with van der Waals surface area (Å²) in [6.45, 7) is 3.50. The van der Waals surface area contributed by atoms with Gasteiger partial charge in [-0.15, -0.1) is 0 Å². The van der Waals surface area contributed by atoms with Crippen LogP contribution in [0.3, 0.4) is 0 Å². The second kappa shape index (κ2) is 3.84. The fourth-order valence-electron chi connectivity index (χ4n) is 1.37. The van der Waals surface area contributed by atoms with Crippen LogP contribution in [0.5, 0.6) is 0 Å². The molecule has 0 radical (unpaired) electrons. The highest BCUT2D eigenvalue weighted by Crippen LogP contribution is 2.16. The van der Waals surface area contributed by atoms with Crippen LogP contribution in [-0.2, 0) is 0 Å². The molecule has 0 aliphatic carbocycles. The molecule has 0 saturated carbocycles. The van der Waals surface area contributed by atoms with Gasteiger partial charge in [0, 0.05) is 17.5 Å². The zero-order valence-corrected chi connectivity index (χ0v) is 8.91. The van der Waals surface area contributed by atoms with Gasteiger partial charge < -0.3 is 4.98 Å². The third-order valence-corrected chi connectivity index (χ3v) is 2.37. The fraction of sp³-hybridized carbons (Fsp3) is 0.182. The summed E-state index contributed by atoms with van der Waals surface area (Å²) >= 11 is 0. The molecule has 0 aliphatic rings. The highest BCUT2D eigenvalue weighted by Gasteiger charge is 2.11. The molecular weight excluding hydrogens is 209 g/mol. The van der Waals surface area contributed by atoms with E-state index in [0.29, 0.717) is 11.4 Å². The van der Waals surface area contributed by atoms with Crippen LogP contribution in [0.1, 0.15) is 11.4 Å². The minimum atomic E-state index is -0.552. The molecule has 0 saturated heterocycles. The first-order valence-corrected chi connectivity index (χ1v) is 4.77. The van der Waals surface area contributed by atoms with Gasteiger partial charge in [-0.3, -0.25) is 9.78 Å². The van der Waals surface area contributed by atoms with Crippen molar-refractivity contribution < 1.29 is 4.39 Å². The van der Waals surface area contributed by atoms with Crippen molar-refractivity contribution in [3.05, 3.63) is 46.0 Å². The number of rotatable bonds is 1. The highest BCUT2D eigenvalue weighted by atomic mass is 19.1. The number of aryl methyl sites for hydroxylation is 2. The second-order valence-electron chi connectivity index (χ2n) is 3.48. The lowest BCUT2D eigenvalue weighted by Crippen LogP contribution is -2.15. The lowest BCUT2D eigenvalue weighted by atomic mass is 10.2. The quantitative estimate of drug-likeness (QED) is 0.792. The van der Waals surface area contributed by atoms with Crippen molar-refractivity contribution in [1.29, 1.82) is 0 Å². The number of pyridine rings is 1. The van der Waals surface area contributed by atoms with Gasteiger partial charge in [0.2, 0.25) is 0 Å². The molecule has 0 fully saturated rings. The molecule has 4 nitrogen and oxygen atoms in total. The van der Waals surface area contributed by atoms with Crippen molar-refractivity contribution in [2.75, 3.05) is 0 Å². The molecule has 0 atom stereocenters. The number of nitrogens with zero attached hydrogens (tertiary/aromatic N) is 2. The predicted octanol–water partition coefficient (Wildman–Crippen LogP) is 1.59. The summed E-state index contributed by atoms with van der Waals surface area (Å²) in [5, 5.41) is 0. The summed E-state index contributed by atoms with van der Waals surface area (Å²) in [7, 11) is 0. The van der Waals surface area contributed by atoms with Gasteiger partial charge >= 0.3 is 0 Å². The molecule has 0 amide bonds. The molecule has 1 N–H and O–H groups in total. The van der Waals surface area contributed by atoms with Crippen LogP contribution >= 0.6 is 0 Å². The Labute approximate surface area is 91.2 Å². The van der Waals surface area contributed by atoms with E-state index >= 15 is 0 Å². The molecule has 82 valence electrons. The van der Waals surface area contributed by atoms with E-state index in [1.807, 2.05) is 0 Å². The largest absolute Gasteiger partial charge is 0.323 e. The van der Waals surface area contributed by atoms with Crippen LogP contribution in [0.15, 0.2) is 23.3 Å². The number of hydrogen-bond acceptors (Lipinski definition) is 3. The van der Waals surface area contributed by atoms with E-state index in [1.54, 1.807) is 13.8 Å². The third kappa shape index (κ3) is 1.71. The van der Waals surface area contributed by atoms with Gasteiger partial charge in [0.15, 0.2) is 5.82 Å². The summed E-state index contributed by atoms with van der Waals surface area (Å²) in [5.74, 6) is -0.552. The molecule has 0 bridgehead atoms. The minimum absolute atomic E-state index is 0.0861. The monoisotopic (exact) mass is 219 g/mol. The summed E-state index contributed by atoms with van der Waals surface area (Å²) in [5.41, 5.74) is 1.21. The first kappa shape index (κ1) is 10.5. The number of hydrogen-bond donors (Lipinski definition) is 1. The Morgan fingerprint density at radius 2 is 2.12 bits per heavy atom. The maximum absolute atomic E-state index is 13.4. The zero-order valence-electron chi connectivity index (χ0n) is 8.91. The molecular formula is C11H10FN3O. The Morgan fingerprint density at radius 3 is 2.81 bits per heavy atom. The maximum atomic E-state index is 13.4. The summed E-state index contributed by atoms with van der Waals surface area (Å²) in [4.78, 5) is 22.0. The normalized spacial score (nSPS) is 10.4. The molecule has 16 heavy (non-hydrogen) atoms. The molecule has 2 aromatic heterocycles. The first-order chi connectivity index (χ1) is 7.59. The topological polar surface area (TPSA) is 58.6 Å². The van der Waals surface area contributed by atoms with Crippen LogP contribution in [0, 0.1) is 19.7 Å². The first-order valence-electron chi connectivity index (χ1n) is 4.77. The van der Waals surface area contributed by atoms with Crippen molar-refractivity contribution in [3.8, 4) is 11.3 Å². The minimum Gasteiger partial charge on any atom is -0.323 e. The van der Waals surface area contributed by atoms with Crippen LogP contribution in [0.2, 0.25) is 0 Å². The Morgan fingerprint density at radius 1 is 1.38 bits per heavy atom. The van der Waals surface area contributed by atoms with E-state index in [4.69, 9.17) is 0 Å². The van der Waals surface area contributed by atoms with E-state index in [1.165, 1.54) is 12.3 Å². The number of nitrogens with one attached hydrogen (secondary N) is 1. The van der Waals surface area contributed by atoms with Gasteiger partial charge in [-0.25, -0.2) is 9.37 Å². The van der Waals surface area contributed by atoms with Crippen LogP contribution < -0.4 is 5.56 Å². The number of aromatic amines is 1. The highest BCUT2D eigenvalue weighted by molar-refractivity contribution is 5.58. The average Bonchev–Trinajstić information content (AvgIpc) is 2.25. The fourth-order valence-corrected chi connectivity index (χ4v) is 1.37. The molecule has 0 unspecified atom stereocenters. The van der Waals surface area contributed by atoms with Gasteiger partial charge in [-0.1, -0.05) is 0 Å². The zero-order chi connectivity index (χ0) is 11.7. The third-order valence-electron chi connectivity index (χ3n) is 2.37. The van der Waals surface area contributed by atoms with E-state index in [0.717, 1.165) is 6.20 Å². The summed E-state index contributed by atoms with van der Waals surface area (Å²) < 4.78 is 13.4. The standard InChI is InChI=1S/C11H10FN3O/c1-6-7(2)15-11(16)10(14-6)8-3-4-13-5-9(8)12/h3-5H,1-2H3,(H,15,16). The lowest BCUT2D eigenvalue weighted by Gasteiger charge is -2.04. The summed E-state index contributed by atoms with van der Waals surface area (Å²) in [6, 6.07) is 1.43.